The molecule has 98 valence electrons. The number of ether oxygens (including phenoxy) is 2. The van der Waals surface area contributed by atoms with Crippen LogP contribution in [0.3, 0.4) is 0 Å². The summed E-state index contributed by atoms with van der Waals surface area (Å²) in [5, 5.41) is 8.54. The number of rotatable bonds is 8. The van der Waals surface area contributed by atoms with Crippen LogP contribution in [0.2, 0.25) is 0 Å². The van der Waals surface area contributed by atoms with Gasteiger partial charge in [-0.2, -0.15) is 0 Å². The van der Waals surface area contributed by atoms with Gasteiger partial charge < -0.3 is 20.3 Å². The van der Waals surface area contributed by atoms with Gasteiger partial charge >= 0.3 is 11.9 Å². The van der Waals surface area contributed by atoms with E-state index in [1.54, 1.807) is 0 Å². The fourth-order valence-electron chi connectivity index (χ4n) is 0.854. The van der Waals surface area contributed by atoms with E-state index in [2.05, 4.69) is 9.47 Å². The predicted octanol–water partition coefficient (Wildman–Crippen LogP) is -1.24. The molecule has 0 aromatic rings. The quantitative estimate of drug-likeness (QED) is 0.313. The second-order valence-electron chi connectivity index (χ2n) is 3.41. The molecule has 0 saturated carbocycles. The maximum Gasteiger partial charge on any atom is 0.325 e. The first-order valence-corrected chi connectivity index (χ1v) is 5.15. The molecule has 3 N–H and O–H groups in total. The number of esters is 2. The first kappa shape index (κ1) is 15.5. The van der Waals surface area contributed by atoms with Gasteiger partial charge in [0.05, 0.1) is 19.8 Å². The van der Waals surface area contributed by atoms with E-state index < -0.39 is 24.6 Å². The van der Waals surface area contributed by atoms with Crippen molar-refractivity contribution < 1.29 is 29.0 Å². The first-order valence-electron chi connectivity index (χ1n) is 5.15. The molecule has 17 heavy (non-hydrogen) atoms. The summed E-state index contributed by atoms with van der Waals surface area (Å²) in [5.74, 6) is -1.58. The Morgan fingerprint density at radius 3 is 2.35 bits per heavy atom. The second-order valence-corrected chi connectivity index (χ2v) is 3.41. The van der Waals surface area contributed by atoms with Crippen molar-refractivity contribution in [3.63, 3.8) is 0 Å². The van der Waals surface area contributed by atoms with Crippen LogP contribution >= 0.6 is 0 Å². The van der Waals surface area contributed by atoms with Gasteiger partial charge in [0, 0.05) is 6.42 Å². The van der Waals surface area contributed by atoms with E-state index in [1.165, 1.54) is 6.92 Å². The molecule has 0 aromatic heterocycles. The highest BCUT2D eigenvalue weighted by Crippen LogP contribution is 1.92. The molecule has 0 bridgehead atoms. The van der Waals surface area contributed by atoms with Crippen molar-refractivity contribution in [3.05, 3.63) is 0 Å². The molecule has 0 aliphatic heterocycles. The zero-order valence-electron chi connectivity index (χ0n) is 9.68. The minimum absolute atomic E-state index is 0.0416. The van der Waals surface area contributed by atoms with E-state index in [0.717, 1.165) is 0 Å². The number of aliphatic hydroxyl groups excluding tert-OH is 1. The standard InChI is InChI=1S/C10H17NO6/c1-7(13)5-9(14)16-3-2-4-17-10(15)8(11)6-12/h8,12H,2-6,11H2,1H3. The van der Waals surface area contributed by atoms with Crippen molar-refractivity contribution in [2.24, 2.45) is 5.73 Å². The monoisotopic (exact) mass is 247 g/mol. The Morgan fingerprint density at radius 1 is 1.24 bits per heavy atom. The van der Waals surface area contributed by atoms with Gasteiger partial charge in [0.2, 0.25) is 0 Å². The number of nitrogens with two attached hydrogens (primary N) is 1. The van der Waals surface area contributed by atoms with Crippen LogP contribution in [0.4, 0.5) is 0 Å². The lowest BCUT2D eigenvalue weighted by Gasteiger charge is -2.08. The number of ketones is 1. The van der Waals surface area contributed by atoms with Crippen LogP contribution in [0.5, 0.6) is 0 Å². The Hall–Kier alpha value is -1.47. The largest absolute Gasteiger partial charge is 0.465 e. The third-order valence-electron chi connectivity index (χ3n) is 1.69. The summed E-state index contributed by atoms with van der Waals surface area (Å²) in [6.07, 6.45) is 0.0582. The highest BCUT2D eigenvalue weighted by molar-refractivity contribution is 5.94. The minimum Gasteiger partial charge on any atom is -0.465 e. The average molecular weight is 247 g/mol. The van der Waals surface area contributed by atoms with Crippen molar-refractivity contribution in [1.82, 2.24) is 0 Å². The van der Waals surface area contributed by atoms with Gasteiger partial charge in [-0.15, -0.1) is 0 Å². The molecule has 0 rings (SSSR count). The molecule has 1 unspecified atom stereocenters. The fraction of sp³-hybridized carbons (Fsp3) is 0.700. The Morgan fingerprint density at radius 2 is 1.82 bits per heavy atom. The summed E-state index contributed by atoms with van der Waals surface area (Å²) in [7, 11) is 0. The van der Waals surface area contributed by atoms with Crippen LogP contribution in [0.1, 0.15) is 19.8 Å². The average Bonchev–Trinajstić information content (AvgIpc) is 2.26. The third kappa shape index (κ3) is 8.35. The van der Waals surface area contributed by atoms with E-state index in [9.17, 15) is 14.4 Å². The summed E-state index contributed by atoms with van der Waals surface area (Å²) in [5.41, 5.74) is 5.19. The van der Waals surface area contributed by atoms with E-state index in [1.807, 2.05) is 0 Å². The topological polar surface area (TPSA) is 116 Å². The summed E-state index contributed by atoms with van der Waals surface area (Å²) in [6.45, 7) is 0.916. The summed E-state index contributed by atoms with van der Waals surface area (Å²) in [4.78, 5) is 32.4. The summed E-state index contributed by atoms with van der Waals surface area (Å²) >= 11 is 0. The van der Waals surface area contributed by atoms with E-state index in [4.69, 9.17) is 10.8 Å². The van der Waals surface area contributed by atoms with Crippen LogP contribution in [0.15, 0.2) is 0 Å². The number of carbonyl (C=O) groups is 3. The molecule has 0 aromatic carbocycles. The molecule has 7 heteroatoms. The minimum atomic E-state index is -1.05. The maximum atomic E-state index is 11.0. The molecule has 7 nitrogen and oxygen atoms in total. The Bertz CT molecular complexity index is 278. The van der Waals surface area contributed by atoms with Crippen molar-refractivity contribution in [3.8, 4) is 0 Å². The maximum absolute atomic E-state index is 11.0. The van der Waals surface area contributed by atoms with Crippen LogP contribution in [0.25, 0.3) is 0 Å². The van der Waals surface area contributed by atoms with Gasteiger partial charge in [-0.05, 0) is 6.92 Å². The Balaban J connectivity index is 3.50. The molecule has 0 saturated heterocycles. The molecule has 0 aliphatic rings. The summed E-state index contributed by atoms with van der Waals surface area (Å²) in [6, 6.07) is -1.05. The highest BCUT2D eigenvalue weighted by Gasteiger charge is 2.13. The Kier molecular flexibility index (Phi) is 7.91. The van der Waals surface area contributed by atoms with Gasteiger partial charge in [0.1, 0.15) is 18.2 Å². The summed E-state index contributed by atoms with van der Waals surface area (Å²) < 4.78 is 9.37. The molecule has 0 spiro atoms. The number of aliphatic hydroxyl groups is 1. The van der Waals surface area contributed by atoms with Crippen molar-refractivity contribution >= 4 is 17.7 Å². The van der Waals surface area contributed by atoms with E-state index in [0.29, 0.717) is 6.42 Å². The SMILES string of the molecule is CC(=O)CC(=O)OCCCOC(=O)C(N)CO. The fourth-order valence-corrected chi connectivity index (χ4v) is 0.854. The van der Waals surface area contributed by atoms with Gasteiger partial charge in [-0.3, -0.25) is 14.4 Å². The highest BCUT2D eigenvalue weighted by atomic mass is 16.5. The van der Waals surface area contributed by atoms with Gasteiger partial charge in [-0.25, -0.2) is 0 Å². The molecular weight excluding hydrogens is 230 g/mol. The normalized spacial score (nSPS) is 11.7. The van der Waals surface area contributed by atoms with Crippen LogP contribution < -0.4 is 5.73 Å². The van der Waals surface area contributed by atoms with E-state index >= 15 is 0 Å². The lowest BCUT2D eigenvalue weighted by molar-refractivity contribution is -0.148. The molecule has 0 fully saturated rings. The van der Waals surface area contributed by atoms with Crippen LogP contribution in [0, 0.1) is 0 Å². The second kappa shape index (κ2) is 8.66. The lowest BCUT2D eigenvalue weighted by Crippen LogP contribution is -2.35. The van der Waals surface area contributed by atoms with Crippen molar-refractivity contribution in [1.29, 1.82) is 0 Å². The van der Waals surface area contributed by atoms with E-state index in [-0.39, 0.29) is 25.4 Å². The predicted molar refractivity (Wildman–Crippen MR) is 56.9 cm³/mol. The smallest absolute Gasteiger partial charge is 0.325 e. The molecule has 0 radical (unpaired) electrons. The number of hydrogen-bond acceptors (Lipinski definition) is 7. The van der Waals surface area contributed by atoms with Gasteiger partial charge in [0.25, 0.3) is 0 Å². The Labute approximate surface area is 98.9 Å². The number of carbonyl (C=O) groups excluding carboxylic acids is 3. The van der Waals surface area contributed by atoms with Crippen LogP contribution in [-0.4, -0.2) is 48.7 Å². The zero-order chi connectivity index (χ0) is 13.3. The van der Waals surface area contributed by atoms with Gasteiger partial charge in [0.15, 0.2) is 0 Å². The first-order chi connectivity index (χ1) is 7.97. The number of Topliss-reactive ketones (excluding diaryl/α,β-unsaturated/α-hetero) is 1. The molecule has 0 aliphatic carbocycles. The molecular formula is C10H17NO6. The molecule has 1 atom stereocenters. The molecule has 0 heterocycles. The van der Waals surface area contributed by atoms with Crippen LogP contribution in [-0.2, 0) is 23.9 Å². The lowest BCUT2D eigenvalue weighted by atomic mass is 10.3. The van der Waals surface area contributed by atoms with Gasteiger partial charge in [-0.1, -0.05) is 0 Å². The number of hydrogen-bond donors (Lipinski definition) is 2. The zero-order valence-corrected chi connectivity index (χ0v) is 9.68. The van der Waals surface area contributed by atoms with Crippen molar-refractivity contribution in [2.45, 2.75) is 25.8 Å². The van der Waals surface area contributed by atoms with Crippen molar-refractivity contribution in [2.75, 3.05) is 19.8 Å². The third-order valence-corrected chi connectivity index (χ3v) is 1.69. The molecule has 0 amide bonds.